The van der Waals surface area contributed by atoms with Crippen molar-refractivity contribution >= 4 is 38.9 Å². The molecule has 9 heteroatoms. The van der Waals surface area contributed by atoms with E-state index in [0.717, 1.165) is 16.8 Å². The first-order valence-corrected chi connectivity index (χ1v) is 7.78. The van der Waals surface area contributed by atoms with Crippen molar-refractivity contribution in [3.63, 3.8) is 0 Å². The third-order valence-electron chi connectivity index (χ3n) is 2.67. The topological polar surface area (TPSA) is 86.1 Å². The minimum absolute atomic E-state index is 0.215. The van der Waals surface area contributed by atoms with Crippen molar-refractivity contribution in [2.75, 3.05) is 19.0 Å². The Balaban J connectivity index is 2.02. The van der Waals surface area contributed by atoms with Gasteiger partial charge >= 0.3 is 5.97 Å². The zero-order chi connectivity index (χ0) is 15.2. The van der Waals surface area contributed by atoms with Crippen LogP contribution in [-0.2, 0) is 22.5 Å². The van der Waals surface area contributed by atoms with Crippen molar-refractivity contribution in [2.45, 2.75) is 13.0 Å². The van der Waals surface area contributed by atoms with Crippen molar-refractivity contribution in [3.05, 3.63) is 37.6 Å². The summed E-state index contributed by atoms with van der Waals surface area (Å²) in [5.41, 5.74) is 2.96. The van der Waals surface area contributed by atoms with Crippen LogP contribution < -0.4 is 10.9 Å². The van der Waals surface area contributed by atoms with Gasteiger partial charge in [0, 0.05) is 18.3 Å². The van der Waals surface area contributed by atoms with Gasteiger partial charge in [0.2, 0.25) is 0 Å². The molecule has 2 rings (SSSR count). The molecule has 2 heterocycles. The van der Waals surface area contributed by atoms with Gasteiger partial charge in [-0.05, 0) is 15.9 Å². The van der Waals surface area contributed by atoms with Crippen molar-refractivity contribution in [3.8, 4) is 0 Å². The van der Waals surface area contributed by atoms with Crippen LogP contribution in [0.25, 0.3) is 0 Å². The van der Waals surface area contributed by atoms with E-state index in [1.807, 2.05) is 5.38 Å². The zero-order valence-corrected chi connectivity index (χ0v) is 13.6. The van der Waals surface area contributed by atoms with Crippen LogP contribution in [0.5, 0.6) is 0 Å². The summed E-state index contributed by atoms with van der Waals surface area (Å²) in [6.45, 7) is 0.414. The highest BCUT2D eigenvalue weighted by molar-refractivity contribution is 9.10. The molecule has 7 nitrogen and oxygen atoms in total. The van der Waals surface area contributed by atoms with Crippen LogP contribution in [0.1, 0.15) is 5.69 Å². The number of nitrogens with zero attached hydrogens (tertiary/aromatic N) is 3. The lowest BCUT2D eigenvalue weighted by Gasteiger charge is -2.09. The molecule has 0 saturated carbocycles. The minimum atomic E-state index is -0.527. The molecule has 0 spiro atoms. The van der Waals surface area contributed by atoms with Gasteiger partial charge in [-0.3, -0.25) is 9.59 Å². The molecule has 0 fully saturated rings. The fraction of sp³-hybridized carbons (Fsp3) is 0.333. The Hall–Kier alpha value is -1.74. The van der Waals surface area contributed by atoms with Crippen LogP contribution in [0.2, 0.25) is 0 Å². The third-order valence-corrected chi connectivity index (χ3v) is 4.07. The molecule has 0 saturated heterocycles. The first kappa shape index (κ1) is 15.6. The molecule has 0 aliphatic heterocycles. The Bertz CT molecular complexity index is 672. The lowest BCUT2D eigenvalue weighted by Crippen LogP contribution is -2.28. The first-order valence-electron chi connectivity index (χ1n) is 6.05. The lowest BCUT2D eigenvalue weighted by atomic mass is 10.3. The van der Waals surface area contributed by atoms with Crippen molar-refractivity contribution in [1.82, 2.24) is 14.8 Å². The van der Waals surface area contributed by atoms with E-state index in [1.165, 1.54) is 13.3 Å². The number of rotatable bonds is 6. The predicted octanol–water partition coefficient (Wildman–Crippen LogP) is 1.29. The van der Waals surface area contributed by atoms with Crippen molar-refractivity contribution in [2.24, 2.45) is 0 Å². The van der Waals surface area contributed by atoms with E-state index in [-0.39, 0.29) is 12.1 Å². The van der Waals surface area contributed by atoms with Gasteiger partial charge in [-0.2, -0.15) is 5.10 Å². The Morgan fingerprint density at radius 2 is 2.38 bits per heavy atom. The Labute approximate surface area is 133 Å². The molecule has 0 atom stereocenters. The molecule has 0 amide bonds. The molecule has 112 valence electrons. The summed E-state index contributed by atoms with van der Waals surface area (Å²) in [6.07, 6.45) is 2.25. The summed E-state index contributed by atoms with van der Waals surface area (Å²) >= 11 is 4.76. The fourth-order valence-corrected chi connectivity index (χ4v) is 2.61. The van der Waals surface area contributed by atoms with E-state index >= 15 is 0 Å². The number of ether oxygens (including phenoxy) is 1. The lowest BCUT2D eigenvalue weighted by molar-refractivity contribution is -0.141. The maximum Gasteiger partial charge on any atom is 0.327 e. The number of esters is 1. The van der Waals surface area contributed by atoms with Gasteiger partial charge in [0.1, 0.15) is 11.0 Å². The number of aromatic nitrogens is 3. The van der Waals surface area contributed by atoms with E-state index in [4.69, 9.17) is 0 Å². The van der Waals surface area contributed by atoms with Crippen LogP contribution in [0.3, 0.4) is 0 Å². The van der Waals surface area contributed by atoms with E-state index in [1.54, 1.807) is 16.8 Å². The molecule has 2 aromatic heterocycles. The molecule has 21 heavy (non-hydrogen) atoms. The second-order valence-corrected chi connectivity index (χ2v) is 5.58. The smallest absolute Gasteiger partial charge is 0.327 e. The second kappa shape index (κ2) is 7.32. The van der Waals surface area contributed by atoms with Gasteiger partial charge in [0.15, 0.2) is 0 Å². The van der Waals surface area contributed by atoms with Gasteiger partial charge in [0.05, 0.1) is 30.2 Å². The van der Waals surface area contributed by atoms with Crippen LogP contribution >= 0.6 is 27.3 Å². The highest BCUT2D eigenvalue weighted by Gasteiger charge is 2.11. The number of nitrogens with one attached hydrogen (secondary N) is 1. The number of methoxy groups -OCH3 is 1. The molecule has 0 unspecified atom stereocenters. The van der Waals surface area contributed by atoms with Gasteiger partial charge in [0.25, 0.3) is 5.56 Å². The van der Waals surface area contributed by atoms with Gasteiger partial charge in [-0.1, -0.05) is 0 Å². The molecular weight excluding hydrogens is 360 g/mol. The monoisotopic (exact) mass is 372 g/mol. The van der Waals surface area contributed by atoms with Gasteiger partial charge in [-0.15, -0.1) is 11.3 Å². The normalized spacial score (nSPS) is 10.4. The maximum atomic E-state index is 12.0. The van der Waals surface area contributed by atoms with Gasteiger partial charge < -0.3 is 10.1 Å². The number of hydrogen-bond donors (Lipinski definition) is 1. The van der Waals surface area contributed by atoms with E-state index < -0.39 is 5.97 Å². The average molecular weight is 373 g/mol. The zero-order valence-electron chi connectivity index (χ0n) is 11.2. The third kappa shape index (κ3) is 4.11. The number of carbonyl (C=O) groups is 1. The molecule has 0 aliphatic rings. The van der Waals surface area contributed by atoms with Crippen LogP contribution in [0, 0.1) is 0 Å². The summed E-state index contributed by atoms with van der Waals surface area (Å²) < 4.78 is 5.89. The summed E-state index contributed by atoms with van der Waals surface area (Å²) in [4.78, 5) is 27.4. The quantitative estimate of drug-likeness (QED) is 0.768. The molecule has 0 aromatic carbocycles. The number of hydrogen-bond acceptors (Lipinski definition) is 7. The summed E-state index contributed by atoms with van der Waals surface area (Å²) in [6, 6.07) is 0. The number of anilines is 1. The van der Waals surface area contributed by atoms with Crippen LogP contribution in [-0.4, -0.2) is 34.4 Å². The molecule has 1 N–H and O–H groups in total. The van der Waals surface area contributed by atoms with E-state index in [0.29, 0.717) is 16.7 Å². The molecule has 0 bridgehead atoms. The number of halogens is 1. The molecule has 0 aliphatic carbocycles. The molecule has 0 radical (unpaired) electrons. The van der Waals surface area contributed by atoms with E-state index in [9.17, 15) is 9.59 Å². The molecular formula is C12H13BrN4O3S. The second-order valence-electron chi connectivity index (χ2n) is 4.07. The summed E-state index contributed by atoms with van der Waals surface area (Å²) in [5.74, 6) is -0.527. The largest absolute Gasteiger partial charge is 0.468 e. The van der Waals surface area contributed by atoms with Gasteiger partial charge in [-0.25, -0.2) is 9.67 Å². The summed E-state index contributed by atoms with van der Waals surface area (Å²) in [7, 11) is 1.26. The predicted molar refractivity (Wildman–Crippen MR) is 82.5 cm³/mol. The maximum absolute atomic E-state index is 12.0. The van der Waals surface area contributed by atoms with Crippen molar-refractivity contribution in [1.29, 1.82) is 0 Å². The van der Waals surface area contributed by atoms with Crippen LogP contribution in [0.4, 0.5) is 5.69 Å². The Morgan fingerprint density at radius 1 is 1.57 bits per heavy atom. The SMILES string of the molecule is COC(=O)Cn1ncc(NCCc2cscn2)c(Br)c1=O. The number of thiazole rings is 1. The minimum Gasteiger partial charge on any atom is -0.468 e. The van der Waals surface area contributed by atoms with Crippen LogP contribution in [0.15, 0.2) is 26.4 Å². The summed E-state index contributed by atoms with van der Waals surface area (Å²) in [5, 5.41) is 9.03. The fourth-order valence-electron chi connectivity index (χ4n) is 1.57. The highest BCUT2D eigenvalue weighted by Crippen LogP contribution is 2.16. The highest BCUT2D eigenvalue weighted by atomic mass is 79.9. The standard InChI is InChI=1S/C12H13BrN4O3S/c1-20-10(18)5-17-12(19)11(13)9(4-16-17)14-3-2-8-6-21-7-15-8/h4,6-7,14H,2-3,5H2,1H3. The first-order chi connectivity index (χ1) is 10.1. The number of carbonyl (C=O) groups excluding carboxylic acids is 1. The van der Waals surface area contributed by atoms with E-state index in [2.05, 4.69) is 36.1 Å². The Morgan fingerprint density at radius 3 is 3.05 bits per heavy atom. The average Bonchev–Trinajstić information content (AvgIpc) is 2.99. The van der Waals surface area contributed by atoms with Crippen molar-refractivity contribution < 1.29 is 9.53 Å². The molecule has 2 aromatic rings. The Kier molecular flexibility index (Phi) is 5.45.